The summed E-state index contributed by atoms with van der Waals surface area (Å²) in [6, 6.07) is 0.740. The minimum Gasteiger partial charge on any atom is -0.317 e. The van der Waals surface area contributed by atoms with Gasteiger partial charge in [0.25, 0.3) is 0 Å². The van der Waals surface area contributed by atoms with Crippen LogP contribution in [0.5, 0.6) is 0 Å². The van der Waals surface area contributed by atoms with Crippen LogP contribution in [0.1, 0.15) is 46.0 Å². The van der Waals surface area contributed by atoms with E-state index in [0.29, 0.717) is 5.41 Å². The van der Waals surface area contributed by atoms with Gasteiger partial charge in [-0.3, -0.25) is 0 Å². The van der Waals surface area contributed by atoms with Gasteiger partial charge in [0.1, 0.15) is 0 Å². The van der Waals surface area contributed by atoms with E-state index in [9.17, 15) is 0 Å². The number of hydrogen-bond acceptors (Lipinski definition) is 2. The van der Waals surface area contributed by atoms with E-state index in [1.165, 1.54) is 45.2 Å². The predicted octanol–water partition coefficient (Wildman–Crippen LogP) is 2.74. The zero-order valence-corrected chi connectivity index (χ0v) is 12.1. The Bertz CT molecular complexity index is 245. The highest BCUT2D eigenvalue weighted by molar-refractivity contribution is 4.90. The number of hydrogen-bond donors (Lipinski definition) is 1. The minimum atomic E-state index is 0.554. The zero-order chi connectivity index (χ0) is 12.5. The summed E-state index contributed by atoms with van der Waals surface area (Å²) in [5.41, 5.74) is 0.554. The molecule has 0 spiro atoms. The molecule has 1 N–H and O–H groups in total. The monoisotopic (exact) mass is 238 g/mol. The maximum Gasteiger partial charge on any atom is 0.0105 e. The van der Waals surface area contributed by atoms with E-state index < -0.39 is 0 Å². The molecule has 2 unspecified atom stereocenters. The first-order chi connectivity index (χ1) is 8.00. The Morgan fingerprint density at radius 3 is 2.47 bits per heavy atom. The van der Waals surface area contributed by atoms with E-state index in [0.717, 1.165) is 17.9 Å². The average molecular weight is 238 g/mol. The van der Waals surface area contributed by atoms with Gasteiger partial charge in [-0.15, -0.1) is 0 Å². The molecule has 0 saturated heterocycles. The molecule has 0 bridgehead atoms. The molecule has 2 heteroatoms. The molecule has 2 nitrogen and oxygen atoms in total. The number of nitrogens with one attached hydrogen (secondary N) is 1. The van der Waals surface area contributed by atoms with Gasteiger partial charge in [-0.1, -0.05) is 13.8 Å². The summed E-state index contributed by atoms with van der Waals surface area (Å²) in [7, 11) is 4.45. The van der Waals surface area contributed by atoms with Crippen molar-refractivity contribution < 1.29 is 0 Å². The smallest absolute Gasteiger partial charge is 0.0105 e. The molecule has 100 valence electrons. The molecule has 2 aliphatic rings. The van der Waals surface area contributed by atoms with Crippen LogP contribution in [0.4, 0.5) is 0 Å². The Balaban J connectivity index is 1.85. The Kier molecular flexibility index (Phi) is 4.14. The van der Waals surface area contributed by atoms with Crippen molar-refractivity contribution in [1.29, 1.82) is 0 Å². The summed E-state index contributed by atoms with van der Waals surface area (Å²) in [4.78, 5) is 2.58. The second-order valence-electron chi connectivity index (χ2n) is 7.23. The molecule has 2 saturated carbocycles. The number of nitrogens with zero attached hydrogens (tertiary/aromatic N) is 1. The summed E-state index contributed by atoms with van der Waals surface area (Å²) < 4.78 is 0. The van der Waals surface area contributed by atoms with E-state index >= 15 is 0 Å². The van der Waals surface area contributed by atoms with Crippen LogP contribution >= 0.6 is 0 Å². The van der Waals surface area contributed by atoms with Gasteiger partial charge in [-0.25, -0.2) is 0 Å². The first-order valence-electron chi connectivity index (χ1n) is 7.36. The molecule has 2 aliphatic carbocycles. The third-order valence-electron chi connectivity index (χ3n) is 4.70. The Hall–Kier alpha value is -0.0800. The fourth-order valence-corrected chi connectivity index (χ4v) is 3.52. The second kappa shape index (κ2) is 5.27. The zero-order valence-electron chi connectivity index (χ0n) is 12.1. The van der Waals surface area contributed by atoms with E-state index in [2.05, 4.69) is 38.2 Å². The molecule has 0 aliphatic heterocycles. The average Bonchev–Trinajstić information content (AvgIpc) is 3.00. The van der Waals surface area contributed by atoms with Crippen LogP contribution in [0.15, 0.2) is 0 Å². The molecule has 2 rings (SSSR count). The molecule has 2 atom stereocenters. The Morgan fingerprint density at radius 1 is 1.18 bits per heavy atom. The lowest BCUT2D eigenvalue weighted by molar-refractivity contribution is 0.111. The molecule has 17 heavy (non-hydrogen) atoms. The highest BCUT2D eigenvalue weighted by Crippen LogP contribution is 2.39. The van der Waals surface area contributed by atoms with Gasteiger partial charge >= 0.3 is 0 Å². The van der Waals surface area contributed by atoms with Gasteiger partial charge in [0.2, 0.25) is 0 Å². The molecular formula is C15H30N2. The fourth-order valence-electron chi connectivity index (χ4n) is 3.52. The second-order valence-corrected chi connectivity index (χ2v) is 7.23. The van der Waals surface area contributed by atoms with Crippen LogP contribution in [0.25, 0.3) is 0 Å². The van der Waals surface area contributed by atoms with Gasteiger partial charge in [-0.05, 0) is 63.5 Å². The maximum atomic E-state index is 3.54. The normalized spacial score (nSPS) is 33.0. The summed E-state index contributed by atoms with van der Waals surface area (Å²) in [5.74, 6) is 1.86. The van der Waals surface area contributed by atoms with Crippen molar-refractivity contribution in [3.05, 3.63) is 0 Å². The lowest BCUT2D eigenvalue weighted by Gasteiger charge is -2.42. The van der Waals surface area contributed by atoms with Crippen molar-refractivity contribution in [3.63, 3.8) is 0 Å². The van der Waals surface area contributed by atoms with E-state index in [4.69, 9.17) is 0 Å². The topological polar surface area (TPSA) is 15.3 Å². The lowest BCUT2D eigenvalue weighted by atomic mass is 9.69. The van der Waals surface area contributed by atoms with Crippen molar-refractivity contribution in [2.24, 2.45) is 17.3 Å². The number of rotatable bonds is 5. The predicted molar refractivity (Wildman–Crippen MR) is 74.2 cm³/mol. The third-order valence-corrected chi connectivity index (χ3v) is 4.70. The lowest BCUT2D eigenvalue weighted by Crippen LogP contribution is -2.46. The van der Waals surface area contributed by atoms with Gasteiger partial charge in [0.05, 0.1) is 0 Å². The van der Waals surface area contributed by atoms with Crippen LogP contribution in [0.3, 0.4) is 0 Å². The molecule has 0 amide bonds. The molecular weight excluding hydrogens is 208 g/mol. The van der Waals surface area contributed by atoms with Gasteiger partial charge in [0.15, 0.2) is 0 Å². The van der Waals surface area contributed by atoms with E-state index in [1.54, 1.807) is 0 Å². The SMILES string of the molecule is CNC1CCC(C)(C)CC1CN(C)CC1CC1. The van der Waals surface area contributed by atoms with Crippen molar-refractivity contribution in [3.8, 4) is 0 Å². The Morgan fingerprint density at radius 2 is 1.88 bits per heavy atom. The highest BCUT2D eigenvalue weighted by Gasteiger charge is 2.35. The van der Waals surface area contributed by atoms with Crippen molar-refractivity contribution in [2.75, 3.05) is 27.2 Å². The largest absolute Gasteiger partial charge is 0.317 e. The fraction of sp³-hybridized carbons (Fsp3) is 1.00. The van der Waals surface area contributed by atoms with Crippen LogP contribution < -0.4 is 5.32 Å². The quantitative estimate of drug-likeness (QED) is 0.792. The van der Waals surface area contributed by atoms with Crippen molar-refractivity contribution in [1.82, 2.24) is 10.2 Å². The van der Waals surface area contributed by atoms with E-state index in [1.807, 2.05) is 0 Å². The van der Waals surface area contributed by atoms with Crippen molar-refractivity contribution >= 4 is 0 Å². The molecule has 0 aromatic rings. The molecule has 0 aromatic heterocycles. The first-order valence-corrected chi connectivity index (χ1v) is 7.36. The van der Waals surface area contributed by atoms with Crippen LogP contribution in [0, 0.1) is 17.3 Å². The molecule has 0 heterocycles. The third kappa shape index (κ3) is 3.96. The summed E-state index contributed by atoms with van der Waals surface area (Å²) >= 11 is 0. The van der Waals surface area contributed by atoms with Gasteiger partial charge in [-0.2, -0.15) is 0 Å². The molecule has 2 fully saturated rings. The van der Waals surface area contributed by atoms with Crippen LogP contribution in [0.2, 0.25) is 0 Å². The van der Waals surface area contributed by atoms with Crippen LogP contribution in [-0.4, -0.2) is 38.1 Å². The summed E-state index contributed by atoms with van der Waals surface area (Å²) in [5, 5.41) is 3.54. The van der Waals surface area contributed by atoms with Gasteiger partial charge in [0, 0.05) is 19.1 Å². The first kappa shape index (κ1) is 13.4. The standard InChI is InChI=1S/C15H30N2/c1-15(2)8-7-14(16-3)13(9-15)11-17(4)10-12-5-6-12/h12-14,16H,5-11H2,1-4H3. The molecule has 0 aromatic carbocycles. The highest BCUT2D eigenvalue weighted by atomic mass is 15.1. The summed E-state index contributed by atoms with van der Waals surface area (Å²) in [6.07, 6.45) is 7.05. The maximum absolute atomic E-state index is 3.54. The van der Waals surface area contributed by atoms with Gasteiger partial charge < -0.3 is 10.2 Å². The van der Waals surface area contributed by atoms with Crippen LogP contribution in [-0.2, 0) is 0 Å². The molecule has 0 radical (unpaired) electrons. The Labute approximate surface area is 107 Å². The van der Waals surface area contributed by atoms with Crippen molar-refractivity contribution in [2.45, 2.75) is 52.0 Å². The minimum absolute atomic E-state index is 0.554. The van der Waals surface area contributed by atoms with E-state index in [-0.39, 0.29) is 0 Å². The summed E-state index contributed by atoms with van der Waals surface area (Å²) in [6.45, 7) is 7.48.